The molecule has 0 spiro atoms. The minimum absolute atomic E-state index is 0.133. The lowest BCUT2D eigenvalue weighted by Gasteiger charge is -2.22. The highest BCUT2D eigenvalue weighted by molar-refractivity contribution is 9.10. The molecule has 0 aromatic heterocycles. The quantitative estimate of drug-likeness (QED) is 0.849. The van der Waals surface area contributed by atoms with Gasteiger partial charge < -0.3 is 14.8 Å². The Morgan fingerprint density at radius 3 is 2.44 bits per heavy atom. The molecule has 0 saturated heterocycles. The number of aryl methyl sites for hydroxylation is 1. The van der Waals surface area contributed by atoms with Crippen LogP contribution in [0.3, 0.4) is 0 Å². The van der Waals surface area contributed by atoms with Crippen molar-refractivity contribution in [1.29, 1.82) is 0 Å². The molecule has 1 aromatic rings. The van der Waals surface area contributed by atoms with Gasteiger partial charge in [-0.05, 0) is 37.6 Å². The van der Waals surface area contributed by atoms with E-state index >= 15 is 0 Å². The van der Waals surface area contributed by atoms with Gasteiger partial charge in [0.15, 0.2) is 6.29 Å². The van der Waals surface area contributed by atoms with Crippen molar-refractivity contribution in [3.63, 3.8) is 0 Å². The van der Waals surface area contributed by atoms with Gasteiger partial charge in [0, 0.05) is 24.3 Å². The van der Waals surface area contributed by atoms with Crippen LogP contribution in [0.1, 0.15) is 22.8 Å². The highest BCUT2D eigenvalue weighted by Crippen LogP contribution is 2.16. The molecule has 1 N–H and O–H groups in total. The summed E-state index contributed by atoms with van der Waals surface area (Å²) in [5, 5.41) is 2.85. The molecule has 0 aliphatic heterocycles. The topological polar surface area (TPSA) is 47.6 Å². The molecule has 0 fully saturated rings. The Balaban J connectivity index is 2.76. The van der Waals surface area contributed by atoms with Gasteiger partial charge in [-0.1, -0.05) is 15.9 Å². The zero-order valence-electron chi connectivity index (χ0n) is 11.0. The largest absolute Gasteiger partial charge is 0.354 e. The molecular weight excluding hydrogens is 298 g/mol. The van der Waals surface area contributed by atoms with Crippen LogP contribution in [0.2, 0.25) is 0 Å². The molecule has 0 bridgehead atoms. The number of hydrogen-bond donors (Lipinski definition) is 1. The van der Waals surface area contributed by atoms with Gasteiger partial charge in [0.1, 0.15) is 0 Å². The fourth-order valence-electron chi connectivity index (χ4n) is 1.74. The second-order valence-electron chi connectivity index (χ2n) is 4.06. The number of ether oxygens (including phenoxy) is 2. The van der Waals surface area contributed by atoms with E-state index in [0.717, 1.165) is 10.0 Å². The fourth-order valence-corrected chi connectivity index (χ4v) is 2.21. The Morgan fingerprint density at radius 1 is 1.33 bits per heavy atom. The summed E-state index contributed by atoms with van der Waals surface area (Å²) < 4.78 is 11.2. The van der Waals surface area contributed by atoms with E-state index in [9.17, 15) is 4.79 Å². The Hall–Kier alpha value is -0.910. The van der Waals surface area contributed by atoms with Crippen LogP contribution >= 0.6 is 15.9 Å². The summed E-state index contributed by atoms with van der Waals surface area (Å²) in [6.45, 7) is 3.73. The average Bonchev–Trinajstić information content (AvgIpc) is 2.30. The van der Waals surface area contributed by atoms with Gasteiger partial charge in [-0.2, -0.15) is 0 Å². The molecule has 5 heteroatoms. The molecule has 0 radical (unpaired) electrons. The number of halogens is 1. The molecule has 4 nitrogen and oxygen atoms in total. The molecule has 18 heavy (non-hydrogen) atoms. The Kier molecular flexibility index (Phi) is 5.78. The van der Waals surface area contributed by atoms with Gasteiger partial charge in [-0.15, -0.1) is 0 Å². The first-order valence-corrected chi connectivity index (χ1v) is 6.41. The van der Waals surface area contributed by atoms with Gasteiger partial charge in [0.25, 0.3) is 5.91 Å². The van der Waals surface area contributed by atoms with E-state index < -0.39 is 6.29 Å². The van der Waals surface area contributed by atoms with E-state index in [0.29, 0.717) is 5.56 Å². The van der Waals surface area contributed by atoms with Gasteiger partial charge in [-0.25, -0.2) is 0 Å². The molecule has 0 aliphatic rings. The molecule has 0 aliphatic carbocycles. The summed E-state index contributed by atoms with van der Waals surface area (Å²) in [5.74, 6) is -0.133. The van der Waals surface area contributed by atoms with E-state index in [1.165, 1.54) is 0 Å². The van der Waals surface area contributed by atoms with Crippen molar-refractivity contribution in [3.8, 4) is 0 Å². The third-order valence-electron chi connectivity index (χ3n) is 2.66. The normalized spacial score (nSPS) is 12.6. The smallest absolute Gasteiger partial charge is 0.251 e. The summed E-state index contributed by atoms with van der Waals surface area (Å²) in [7, 11) is 3.09. The van der Waals surface area contributed by atoms with E-state index in [-0.39, 0.29) is 11.9 Å². The highest BCUT2D eigenvalue weighted by Gasteiger charge is 2.19. The number of methoxy groups -OCH3 is 2. The molecule has 1 unspecified atom stereocenters. The van der Waals surface area contributed by atoms with Gasteiger partial charge in [0.05, 0.1) is 6.04 Å². The Labute approximate surface area is 116 Å². The van der Waals surface area contributed by atoms with Crippen LogP contribution in [-0.2, 0) is 9.47 Å². The van der Waals surface area contributed by atoms with Crippen LogP contribution in [0.4, 0.5) is 0 Å². The van der Waals surface area contributed by atoms with Crippen LogP contribution < -0.4 is 5.32 Å². The number of amides is 1. The van der Waals surface area contributed by atoms with Gasteiger partial charge in [0.2, 0.25) is 0 Å². The van der Waals surface area contributed by atoms with Crippen LogP contribution in [0, 0.1) is 6.92 Å². The molecule has 1 atom stereocenters. The summed E-state index contributed by atoms with van der Waals surface area (Å²) in [6.07, 6.45) is -0.454. The molecule has 100 valence electrons. The zero-order chi connectivity index (χ0) is 13.7. The van der Waals surface area contributed by atoms with E-state index in [1.807, 2.05) is 26.0 Å². The number of nitrogens with one attached hydrogen (secondary N) is 1. The predicted octanol–water partition coefficient (Wildman–Crippen LogP) is 2.49. The van der Waals surface area contributed by atoms with Crippen LogP contribution in [0.25, 0.3) is 0 Å². The second kappa shape index (κ2) is 6.87. The standard InChI is InChI=1S/C13H18BrNO3/c1-8-7-10(14)5-6-11(8)12(16)15-9(2)13(17-3)18-4/h5-7,9,13H,1-4H3,(H,15,16). The van der Waals surface area contributed by atoms with Crippen molar-refractivity contribution in [2.24, 2.45) is 0 Å². The van der Waals surface area contributed by atoms with Crippen molar-refractivity contribution in [2.75, 3.05) is 14.2 Å². The Morgan fingerprint density at radius 2 is 1.94 bits per heavy atom. The number of carbonyl (C=O) groups is 1. The van der Waals surface area contributed by atoms with Gasteiger partial charge in [-0.3, -0.25) is 4.79 Å². The minimum atomic E-state index is -0.454. The molecule has 0 heterocycles. The molecular formula is C13H18BrNO3. The SMILES string of the molecule is COC(OC)C(C)NC(=O)c1ccc(Br)cc1C. The first kappa shape index (κ1) is 15.1. The average molecular weight is 316 g/mol. The van der Waals surface area contributed by atoms with Crippen LogP contribution in [-0.4, -0.2) is 32.5 Å². The van der Waals surface area contributed by atoms with Crippen LogP contribution in [0.5, 0.6) is 0 Å². The second-order valence-corrected chi connectivity index (χ2v) is 4.98. The fraction of sp³-hybridized carbons (Fsp3) is 0.462. The number of hydrogen-bond acceptors (Lipinski definition) is 3. The van der Waals surface area contributed by atoms with Crippen molar-refractivity contribution >= 4 is 21.8 Å². The zero-order valence-corrected chi connectivity index (χ0v) is 12.6. The molecule has 0 saturated carbocycles. The highest BCUT2D eigenvalue weighted by atomic mass is 79.9. The van der Waals surface area contributed by atoms with E-state index in [2.05, 4.69) is 21.2 Å². The third-order valence-corrected chi connectivity index (χ3v) is 3.16. The first-order valence-electron chi connectivity index (χ1n) is 5.62. The number of benzene rings is 1. The van der Waals surface area contributed by atoms with Crippen molar-refractivity contribution in [2.45, 2.75) is 26.2 Å². The lowest BCUT2D eigenvalue weighted by Crippen LogP contribution is -2.43. The van der Waals surface area contributed by atoms with E-state index in [1.54, 1.807) is 20.3 Å². The summed E-state index contributed by atoms with van der Waals surface area (Å²) in [4.78, 5) is 12.1. The molecule has 1 aromatic carbocycles. The number of carbonyl (C=O) groups excluding carboxylic acids is 1. The monoisotopic (exact) mass is 315 g/mol. The predicted molar refractivity (Wildman–Crippen MR) is 73.6 cm³/mol. The maximum atomic E-state index is 12.1. The molecule has 1 amide bonds. The maximum absolute atomic E-state index is 12.1. The summed E-state index contributed by atoms with van der Waals surface area (Å²) in [6, 6.07) is 5.31. The number of rotatable bonds is 5. The van der Waals surface area contributed by atoms with Crippen molar-refractivity contribution in [1.82, 2.24) is 5.32 Å². The van der Waals surface area contributed by atoms with Crippen LogP contribution in [0.15, 0.2) is 22.7 Å². The van der Waals surface area contributed by atoms with Crippen molar-refractivity contribution in [3.05, 3.63) is 33.8 Å². The first-order chi connectivity index (χ1) is 8.49. The van der Waals surface area contributed by atoms with Gasteiger partial charge >= 0.3 is 0 Å². The van der Waals surface area contributed by atoms with Crippen molar-refractivity contribution < 1.29 is 14.3 Å². The Bertz CT molecular complexity index is 419. The summed E-state index contributed by atoms with van der Waals surface area (Å²) in [5.41, 5.74) is 1.57. The lowest BCUT2D eigenvalue weighted by molar-refractivity contribution is -0.117. The van der Waals surface area contributed by atoms with E-state index in [4.69, 9.17) is 9.47 Å². The molecule has 1 rings (SSSR count). The summed E-state index contributed by atoms with van der Waals surface area (Å²) >= 11 is 3.37. The maximum Gasteiger partial charge on any atom is 0.251 e. The minimum Gasteiger partial charge on any atom is -0.354 e. The lowest BCUT2D eigenvalue weighted by atomic mass is 10.1. The third kappa shape index (κ3) is 3.80.